The largest absolute Gasteiger partial charge is 0.507 e. The van der Waals surface area contributed by atoms with E-state index < -0.39 is 88.8 Å². The molecule has 0 saturated carbocycles. The summed E-state index contributed by atoms with van der Waals surface area (Å²) in [5, 5.41) is 69.1. The molecular weight excluding hydrogens is 789 g/mol. The van der Waals surface area contributed by atoms with E-state index in [0.717, 1.165) is 38.6 Å². The van der Waals surface area contributed by atoms with E-state index in [9.17, 15) is 39.9 Å². The number of nitrogens with one attached hydrogen (secondary N) is 1. The van der Waals surface area contributed by atoms with Gasteiger partial charge in [0, 0.05) is 74.2 Å². The number of carbonyl (C=O) groups excluding carboxylic acids is 3. The van der Waals surface area contributed by atoms with Crippen LogP contribution in [0.25, 0.3) is 10.8 Å². The summed E-state index contributed by atoms with van der Waals surface area (Å²) in [5.74, 6) is -7.94. The molecule has 5 bridgehead atoms. The number of ether oxygens (including phenoxy) is 4. The second-order valence-corrected chi connectivity index (χ2v) is 16.6. The molecule has 0 aromatic heterocycles. The number of hydrogen-bond acceptors (Lipinski definition) is 14. The van der Waals surface area contributed by atoms with Crippen molar-refractivity contribution in [3.63, 3.8) is 0 Å². The number of amidine groups is 1. The van der Waals surface area contributed by atoms with Crippen molar-refractivity contribution < 1.29 is 58.9 Å². The molecule has 16 nitrogen and oxygen atoms in total. The molecule has 2 aromatic rings. The van der Waals surface area contributed by atoms with Crippen LogP contribution in [-0.2, 0) is 23.8 Å². The Bertz CT molecular complexity index is 2170. The van der Waals surface area contributed by atoms with E-state index in [1.54, 1.807) is 46.8 Å². The molecule has 6 rings (SSSR count). The van der Waals surface area contributed by atoms with E-state index >= 15 is 0 Å². The minimum Gasteiger partial charge on any atom is -0.507 e. The van der Waals surface area contributed by atoms with Gasteiger partial charge in [0.15, 0.2) is 5.75 Å². The van der Waals surface area contributed by atoms with Crippen molar-refractivity contribution in [3.8, 4) is 23.0 Å². The van der Waals surface area contributed by atoms with Crippen LogP contribution in [0, 0.1) is 30.6 Å². The van der Waals surface area contributed by atoms with Crippen LogP contribution in [-0.4, -0.2) is 111 Å². The molecular formula is C45H60N4O12. The van der Waals surface area contributed by atoms with Crippen molar-refractivity contribution >= 4 is 46.2 Å². The van der Waals surface area contributed by atoms with Crippen LogP contribution in [0.5, 0.6) is 23.0 Å². The Morgan fingerprint density at radius 1 is 0.934 bits per heavy atom. The van der Waals surface area contributed by atoms with E-state index in [0.29, 0.717) is 5.84 Å². The highest BCUT2D eigenvalue weighted by molar-refractivity contribution is 6.23. The Hall–Kier alpha value is -5.45. The predicted molar refractivity (Wildman–Crippen MR) is 230 cm³/mol. The van der Waals surface area contributed by atoms with Crippen molar-refractivity contribution in [2.24, 2.45) is 33.9 Å². The van der Waals surface area contributed by atoms with Gasteiger partial charge in [0.25, 0.3) is 11.7 Å². The normalized spacial score (nSPS) is 31.4. The number of carbonyl (C=O) groups is 3. The fourth-order valence-corrected chi connectivity index (χ4v) is 8.32. The van der Waals surface area contributed by atoms with Crippen molar-refractivity contribution in [2.75, 3.05) is 25.5 Å². The second-order valence-electron chi connectivity index (χ2n) is 16.6. The number of nitrogens with zero attached hydrogens (tertiary/aromatic N) is 3. The van der Waals surface area contributed by atoms with Gasteiger partial charge in [0.1, 0.15) is 29.2 Å². The van der Waals surface area contributed by atoms with Crippen LogP contribution in [0.15, 0.2) is 46.3 Å². The number of rotatable bonds is 4. The highest BCUT2D eigenvalue weighted by Crippen LogP contribution is 2.55. The lowest BCUT2D eigenvalue weighted by Gasteiger charge is -2.38. The quantitative estimate of drug-likeness (QED) is 0.0519. The Kier molecular flexibility index (Phi) is 14.6. The number of methoxy groups -OCH3 is 1. The first-order valence-corrected chi connectivity index (χ1v) is 20.7. The maximum Gasteiger partial charge on any atom is 0.312 e. The zero-order valence-corrected chi connectivity index (χ0v) is 36.6. The van der Waals surface area contributed by atoms with E-state index in [2.05, 4.69) is 20.4 Å². The highest BCUT2D eigenvalue weighted by atomic mass is 16.7. The molecule has 6 N–H and O–H groups in total. The van der Waals surface area contributed by atoms with Crippen LogP contribution < -0.4 is 10.1 Å². The van der Waals surface area contributed by atoms with Crippen LogP contribution in [0.3, 0.4) is 0 Å². The van der Waals surface area contributed by atoms with Crippen molar-refractivity contribution in [3.05, 3.63) is 52.8 Å². The number of aromatic hydroxyl groups is 3. The van der Waals surface area contributed by atoms with E-state index in [-0.39, 0.29) is 44.5 Å². The Balaban J connectivity index is 1.71. The first-order valence-electron chi connectivity index (χ1n) is 20.7. The number of hydrogen-bond donors (Lipinski definition) is 6. The number of phenols is 3. The first-order chi connectivity index (χ1) is 28.7. The third-order valence-corrected chi connectivity index (χ3v) is 12.2. The van der Waals surface area contributed by atoms with E-state index in [1.165, 1.54) is 53.2 Å². The number of anilines is 1. The maximum absolute atomic E-state index is 14.5. The molecule has 4 aliphatic heterocycles. The van der Waals surface area contributed by atoms with E-state index in [1.807, 2.05) is 0 Å². The number of aliphatic hydroxyl groups excluding tert-OH is 2. The van der Waals surface area contributed by atoms with Crippen LogP contribution in [0.4, 0.5) is 5.69 Å². The molecule has 1 fully saturated rings. The summed E-state index contributed by atoms with van der Waals surface area (Å²) in [5.41, 5.74) is -0.535. The highest BCUT2D eigenvalue weighted by Gasteiger charge is 2.50. The van der Waals surface area contributed by atoms with Gasteiger partial charge in [-0.1, -0.05) is 45.9 Å². The maximum atomic E-state index is 14.5. The number of likely N-dealkylation sites (tertiary alicyclic amines) is 1. The lowest BCUT2D eigenvalue weighted by Crippen LogP contribution is -2.46. The molecule has 0 unspecified atom stereocenters. The number of piperidine rings is 1. The van der Waals surface area contributed by atoms with Crippen LogP contribution in [0.1, 0.15) is 96.1 Å². The summed E-state index contributed by atoms with van der Waals surface area (Å²) >= 11 is 0. The third kappa shape index (κ3) is 9.41. The summed E-state index contributed by atoms with van der Waals surface area (Å²) in [6, 6.07) is 0. The number of aliphatic hydroxyl groups is 2. The average molecular weight is 849 g/mol. The lowest BCUT2D eigenvalue weighted by molar-refractivity contribution is -0.160. The third-order valence-electron chi connectivity index (χ3n) is 12.2. The number of allylic oxidation sites excluding steroid dienone is 2. The lowest BCUT2D eigenvalue weighted by atomic mass is 9.78. The molecule has 1 amide bonds. The SMILES string of the molecule is CO[C@H]1/C=C/O[C@@]2(C)Oc3c(C)c(O)c4c(O)c(c(/C=N/N=C(\C)N5CCCCC5)c(O)c4c3C2=O)NC(=O)/C(C)=C\C=C\[C@H](C)[C@H](O)[C@@H](C)[C@@H](O)[C@@H](C)[C@H](OC(C)=O)[C@@H]1C. The molecule has 0 radical (unpaired) electrons. The van der Waals surface area contributed by atoms with Crippen molar-refractivity contribution in [1.82, 2.24) is 4.90 Å². The van der Waals surface area contributed by atoms with E-state index in [4.69, 9.17) is 18.9 Å². The molecule has 4 heterocycles. The van der Waals surface area contributed by atoms with Gasteiger partial charge in [-0.15, -0.1) is 5.10 Å². The van der Waals surface area contributed by atoms with Crippen LogP contribution >= 0.6 is 0 Å². The van der Waals surface area contributed by atoms with Gasteiger partial charge in [0.05, 0.1) is 53.0 Å². The Morgan fingerprint density at radius 3 is 2.25 bits per heavy atom. The number of esters is 1. The molecule has 9 atom stereocenters. The van der Waals surface area contributed by atoms with Gasteiger partial charge >= 0.3 is 11.8 Å². The molecule has 4 aliphatic rings. The number of amides is 1. The van der Waals surface area contributed by atoms with Gasteiger partial charge in [-0.3, -0.25) is 14.4 Å². The number of ketones is 1. The smallest absolute Gasteiger partial charge is 0.312 e. The van der Waals surface area contributed by atoms with Gasteiger partial charge in [0.2, 0.25) is 0 Å². The minimum atomic E-state index is -2.06. The number of benzene rings is 2. The molecule has 332 valence electrons. The topological polar surface area (TPSA) is 229 Å². The Labute approximate surface area is 356 Å². The summed E-state index contributed by atoms with van der Waals surface area (Å²) in [4.78, 5) is 42.6. The first kappa shape index (κ1) is 46.6. The van der Waals surface area contributed by atoms with Gasteiger partial charge in [-0.25, -0.2) is 0 Å². The molecule has 0 spiro atoms. The summed E-state index contributed by atoms with van der Waals surface area (Å²) < 4.78 is 23.6. The number of Topliss-reactive ketones (excluding diaryl/α,β-unsaturated/α-hetero) is 1. The predicted octanol–water partition coefficient (Wildman–Crippen LogP) is 5.99. The number of fused-ring (bicyclic) bond motifs is 14. The van der Waals surface area contributed by atoms with Crippen molar-refractivity contribution in [2.45, 2.75) is 112 Å². The average Bonchev–Trinajstić information content (AvgIpc) is 3.50. The summed E-state index contributed by atoms with van der Waals surface area (Å²) in [7, 11) is 1.43. The Morgan fingerprint density at radius 2 is 1.61 bits per heavy atom. The van der Waals surface area contributed by atoms with Crippen molar-refractivity contribution in [1.29, 1.82) is 0 Å². The monoisotopic (exact) mass is 848 g/mol. The second kappa shape index (κ2) is 19.1. The van der Waals surface area contributed by atoms with Gasteiger partial charge < -0.3 is 54.7 Å². The molecule has 16 heteroatoms. The van der Waals surface area contributed by atoms with Crippen LogP contribution in [0.2, 0.25) is 0 Å². The zero-order chi connectivity index (χ0) is 45.1. The van der Waals surface area contributed by atoms with Gasteiger partial charge in [-0.2, -0.15) is 5.10 Å². The zero-order valence-electron chi connectivity index (χ0n) is 36.6. The summed E-state index contributed by atoms with van der Waals surface area (Å²) in [6.45, 7) is 15.9. The standard InChI is InChI=1S/C45H60N4O12/c1-22-15-14-16-23(2)44(57)47-35-30(21-46-48-28(7)49-18-12-11-13-19-49)39(54)32-33(40(35)55)38(53)27(6)42-34(32)43(56)45(9,61-42)59-20-17-31(58-10)24(3)41(60-29(8)50)26(5)37(52)25(4)36(22)51/h14-17,20-22,24-26,31,36-37,41,51-55H,11-13,18-19H2,1-10H3,(H,47,57)/b15-14+,20-17+,23-16-,46-21+,48-28+/t22-,24+,25+,26+,31-,36-,37+,41+,45-/m0/s1. The fourth-order valence-electron chi connectivity index (χ4n) is 8.32. The number of phenolic OH excluding ortho intramolecular Hbond substituents is 3. The molecule has 1 saturated heterocycles. The molecule has 0 aliphatic carbocycles. The molecule has 2 aromatic carbocycles. The summed E-state index contributed by atoms with van der Waals surface area (Å²) in [6.07, 6.45) is 7.76. The minimum absolute atomic E-state index is 0.0414. The molecule has 61 heavy (non-hydrogen) atoms. The van der Waals surface area contributed by atoms with Gasteiger partial charge in [-0.05, 0) is 46.1 Å². The fraction of sp³-hybridized carbons (Fsp3) is 0.533.